The Bertz CT molecular complexity index is 1600. The first-order valence-corrected chi connectivity index (χ1v) is 16.6. The molecular formula is C35H45N7O4. The van der Waals surface area contributed by atoms with Gasteiger partial charge in [-0.2, -0.15) is 19.6 Å². The van der Waals surface area contributed by atoms with Crippen molar-refractivity contribution < 1.29 is 19.1 Å². The predicted molar refractivity (Wildman–Crippen MR) is 175 cm³/mol. The molecule has 2 aromatic heterocycles. The van der Waals surface area contributed by atoms with Crippen molar-refractivity contribution in [1.29, 1.82) is 0 Å². The van der Waals surface area contributed by atoms with Gasteiger partial charge in [0.15, 0.2) is 5.65 Å². The highest BCUT2D eigenvalue weighted by Crippen LogP contribution is 2.33. The highest BCUT2D eigenvalue weighted by molar-refractivity contribution is 6.07. The fraction of sp³-hybridized carbons (Fsp3) is 0.514. The van der Waals surface area contributed by atoms with Crippen LogP contribution in [0.25, 0.3) is 5.65 Å². The molecule has 11 nitrogen and oxygen atoms in total. The van der Waals surface area contributed by atoms with Gasteiger partial charge in [0.2, 0.25) is 17.8 Å². The molecule has 1 aromatic carbocycles. The molecule has 0 spiro atoms. The fourth-order valence-electron chi connectivity index (χ4n) is 6.28. The van der Waals surface area contributed by atoms with Crippen molar-refractivity contribution in [3.8, 4) is 6.01 Å². The Labute approximate surface area is 270 Å². The number of carbonyl (C=O) groups is 2. The van der Waals surface area contributed by atoms with Gasteiger partial charge in [-0.15, -0.1) is 0 Å². The number of nitrogens with one attached hydrogen (secondary N) is 2. The molecule has 0 radical (unpaired) electrons. The first-order valence-electron chi connectivity index (χ1n) is 16.6. The number of piperidine rings is 1. The topological polar surface area (TPSA) is 123 Å². The summed E-state index contributed by atoms with van der Waals surface area (Å²) in [7, 11) is 2.13. The number of imide groups is 1. The maximum Gasteiger partial charge on any atom is 0.322 e. The lowest BCUT2D eigenvalue weighted by atomic mass is 9.90. The van der Waals surface area contributed by atoms with Crippen LogP contribution >= 0.6 is 0 Å². The van der Waals surface area contributed by atoms with E-state index in [9.17, 15) is 9.59 Å². The Balaban J connectivity index is 1.16. The number of benzene rings is 1. The van der Waals surface area contributed by atoms with Gasteiger partial charge in [0.1, 0.15) is 18.0 Å². The number of fused-ring (bicyclic) bond motifs is 2. The second kappa shape index (κ2) is 14.0. The van der Waals surface area contributed by atoms with Crippen LogP contribution in [0.5, 0.6) is 6.01 Å². The number of carbonyl (C=O) groups excluding carboxylic acids is 2. The maximum atomic E-state index is 12.3. The summed E-state index contributed by atoms with van der Waals surface area (Å²) in [5.41, 5.74) is 3.96. The average Bonchev–Trinajstić information content (AvgIpc) is 3.61. The monoisotopic (exact) mass is 627 g/mol. The first-order chi connectivity index (χ1) is 22.3. The standard InChI is InChI=1S/C35H45N7O4/c1-5-6-7-8-30(45-26-13-14-27-28(19-26)33(44)39-32(27)43)24-11-9-23(10-12-24)20-36-34-40-35(46-25-15-17-41(4)18-16-25)38-31-29(22(2)3)21-37-42(31)34/h9-14,19,21-22,25,27-28,30H,5-8,15-18,20H2,1-4H3,(H,36,38,40)(H,39,43,44). The zero-order valence-electron chi connectivity index (χ0n) is 27.2. The number of aromatic nitrogens is 4. The van der Waals surface area contributed by atoms with Gasteiger partial charge in [-0.05, 0) is 61.9 Å². The second-order valence-corrected chi connectivity index (χ2v) is 13.0. The summed E-state index contributed by atoms with van der Waals surface area (Å²) in [6, 6.07) is 8.78. The molecule has 244 valence electrons. The minimum Gasteiger partial charge on any atom is -0.486 e. The molecular weight excluding hydrogens is 582 g/mol. The molecule has 3 aliphatic rings. The summed E-state index contributed by atoms with van der Waals surface area (Å²) >= 11 is 0. The van der Waals surface area contributed by atoms with Gasteiger partial charge >= 0.3 is 6.01 Å². The molecule has 11 heteroatoms. The molecule has 1 aliphatic carbocycles. The quantitative estimate of drug-likeness (QED) is 0.192. The van der Waals surface area contributed by atoms with E-state index in [4.69, 9.17) is 19.4 Å². The van der Waals surface area contributed by atoms with E-state index in [2.05, 4.69) is 72.7 Å². The van der Waals surface area contributed by atoms with Gasteiger partial charge in [-0.3, -0.25) is 14.9 Å². The normalized spacial score (nSPS) is 20.9. The van der Waals surface area contributed by atoms with Crippen LogP contribution in [0.1, 0.15) is 88.0 Å². The van der Waals surface area contributed by atoms with Gasteiger partial charge in [0.25, 0.3) is 0 Å². The van der Waals surface area contributed by atoms with Crippen LogP contribution in [0.3, 0.4) is 0 Å². The Morgan fingerprint density at radius 2 is 1.80 bits per heavy atom. The summed E-state index contributed by atoms with van der Waals surface area (Å²) in [6.07, 6.45) is 13.2. The number of amides is 2. The van der Waals surface area contributed by atoms with Crippen molar-refractivity contribution in [3.63, 3.8) is 0 Å². The van der Waals surface area contributed by atoms with Crippen molar-refractivity contribution >= 4 is 23.4 Å². The summed E-state index contributed by atoms with van der Waals surface area (Å²) in [6.45, 7) is 8.98. The molecule has 46 heavy (non-hydrogen) atoms. The van der Waals surface area contributed by atoms with Gasteiger partial charge in [0.05, 0.1) is 18.0 Å². The van der Waals surface area contributed by atoms with Gasteiger partial charge in [-0.1, -0.05) is 64.0 Å². The largest absolute Gasteiger partial charge is 0.486 e. The minimum absolute atomic E-state index is 0.0936. The van der Waals surface area contributed by atoms with E-state index in [1.807, 2.05) is 12.3 Å². The van der Waals surface area contributed by atoms with Crippen LogP contribution in [0.4, 0.5) is 5.95 Å². The van der Waals surface area contributed by atoms with Gasteiger partial charge in [-0.25, -0.2) is 0 Å². The Morgan fingerprint density at radius 3 is 2.54 bits per heavy atom. The van der Waals surface area contributed by atoms with Crippen molar-refractivity contribution in [2.24, 2.45) is 11.8 Å². The Hall–Kier alpha value is -4.25. The molecule has 2 aliphatic heterocycles. The lowest BCUT2D eigenvalue weighted by Crippen LogP contribution is -2.36. The number of hydrogen-bond acceptors (Lipinski definition) is 9. The number of rotatable bonds is 13. The van der Waals surface area contributed by atoms with E-state index in [-0.39, 0.29) is 29.9 Å². The number of unbranched alkanes of at least 4 members (excludes halogenated alkanes) is 2. The van der Waals surface area contributed by atoms with Crippen LogP contribution in [0.2, 0.25) is 0 Å². The predicted octanol–water partition coefficient (Wildman–Crippen LogP) is 5.31. The minimum atomic E-state index is -0.507. The summed E-state index contributed by atoms with van der Waals surface area (Å²) in [5.74, 6) is 0.0104. The van der Waals surface area contributed by atoms with E-state index in [1.165, 1.54) is 0 Å². The smallest absolute Gasteiger partial charge is 0.322 e. The third-order valence-corrected chi connectivity index (χ3v) is 9.14. The van der Waals surface area contributed by atoms with Crippen molar-refractivity contribution in [3.05, 3.63) is 71.1 Å². The Morgan fingerprint density at radius 1 is 1.04 bits per heavy atom. The molecule has 3 aromatic rings. The van der Waals surface area contributed by atoms with Gasteiger partial charge < -0.3 is 19.7 Å². The van der Waals surface area contributed by atoms with Crippen LogP contribution in [0, 0.1) is 11.8 Å². The van der Waals surface area contributed by atoms with E-state index >= 15 is 0 Å². The van der Waals surface area contributed by atoms with E-state index in [0.29, 0.717) is 24.3 Å². The highest BCUT2D eigenvalue weighted by atomic mass is 16.5. The summed E-state index contributed by atoms with van der Waals surface area (Å²) in [5, 5.41) is 10.5. The van der Waals surface area contributed by atoms with Crippen LogP contribution in [-0.2, 0) is 20.9 Å². The van der Waals surface area contributed by atoms with E-state index < -0.39 is 11.8 Å². The van der Waals surface area contributed by atoms with Crippen LogP contribution < -0.4 is 15.4 Å². The SMILES string of the molecule is CCCCCC(OC1=CC2C(=O)NC(=O)C2C=C1)c1ccc(CNc2nc(OC3CCN(C)CC3)nc3c(C(C)C)cnn23)cc1. The first kappa shape index (κ1) is 31.7. The second-order valence-electron chi connectivity index (χ2n) is 13.0. The van der Waals surface area contributed by atoms with Crippen molar-refractivity contribution in [2.75, 3.05) is 25.5 Å². The third-order valence-electron chi connectivity index (χ3n) is 9.14. The number of nitrogens with zero attached hydrogens (tertiary/aromatic N) is 5. The zero-order valence-corrected chi connectivity index (χ0v) is 27.2. The molecule has 3 atom stereocenters. The van der Waals surface area contributed by atoms with Crippen molar-refractivity contribution in [1.82, 2.24) is 29.8 Å². The summed E-state index contributed by atoms with van der Waals surface area (Å²) in [4.78, 5) is 36.1. The molecule has 0 saturated carbocycles. The average molecular weight is 628 g/mol. The fourth-order valence-corrected chi connectivity index (χ4v) is 6.28. The third kappa shape index (κ3) is 7.09. The van der Waals surface area contributed by atoms with E-state index in [0.717, 1.165) is 74.0 Å². The molecule has 2 amide bonds. The number of ether oxygens (including phenoxy) is 2. The maximum absolute atomic E-state index is 12.3. The zero-order chi connectivity index (χ0) is 32.2. The number of hydrogen-bond donors (Lipinski definition) is 2. The molecule has 0 bridgehead atoms. The van der Waals surface area contributed by atoms with Crippen LogP contribution in [-0.4, -0.2) is 62.5 Å². The number of likely N-dealkylation sites (tertiary alicyclic amines) is 1. The van der Waals surface area contributed by atoms with Crippen molar-refractivity contribution in [2.45, 2.75) is 84.0 Å². The molecule has 2 fully saturated rings. The lowest BCUT2D eigenvalue weighted by molar-refractivity contribution is -0.125. The van der Waals surface area contributed by atoms with Crippen LogP contribution in [0.15, 0.2) is 54.4 Å². The number of anilines is 1. The molecule has 4 heterocycles. The molecule has 6 rings (SSSR count). The molecule has 2 N–H and O–H groups in total. The number of allylic oxidation sites excluding steroid dienone is 1. The van der Waals surface area contributed by atoms with Gasteiger partial charge in [0, 0.05) is 25.2 Å². The molecule has 2 saturated heterocycles. The Kier molecular flexibility index (Phi) is 9.67. The highest BCUT2D eigenvalue weighted by Gasteiger charge is 2.40. The summed E-state index contributed by atoms with van der Waals surface area (Å²) < 4.78 is 14.5. The van der Waals surface area contributed by atoms with E-state index in [1.54, 1.807) is 16.7 Å². The lowest BCUT2D eigenvalue weighted by Gasteiger charge is -2.28. The molecule has 3 unspecified atom stereocenters.